The quantitative estimate of drug-likeness (QED) is 0.920. The molecule has 0 atom stereocenters. The van der Waals surface area contributed by atoms with Crippen molar-refractivity contribution in [3.63, 3.8) is 0 Å². The molecular formula is C15H13ClO3. The third-order valence-electron chi connectivity index (χ3n) is 2.72. The maximum atomic E-state index is 10.8. The summed E-state index contributed by atoms with van der Waals surface area (Å²) in [5.41, 5.74) is 2.09. The van der Waals surface area contributed by atoms with Gasteiger partial charge in [-0.25, -0.2) is 4.79 Å². The van der Waals surface area contributed by atoms with Crippen LogP contribution in [0.25, 0.3) is 0 Å². The van der Waals surface area contributed by atoms with Crippen LogP contribution in [0.5, 0.6) is 5.75 Å². The molecule has 1 N–H and O–H groups in total. The van der Waals surface area contributed by atoms with Crippen molar-refractivity contribution in [2.24, 2.45) is 0 Å². The van der Waals surface area contributed by atoms with Crippen molar-refractivity contribution in [2.45, 2.75) is 13.5 Å². The molecule has 0 aliphatic rings. The highest BCUT2D eigenvalue weighted by atomic mass is 35.5. The summed E-state index contributed by atoms with van der Waals surface area (Å²) in [6, 6.07) is 12.3. The van der Waals surface area contributed by atoms with Gasteiger partial charge in [0.1, 0.15) is 12.4 Å². The Balaban J connectivity index is 2.07. The molecule has 0 unspecified atom stereocenters. The molecule has 0 aliphatic carbocycles. The van der Waals surface area contributed by atoms with Crippen molar-refractivity contribution in [1.29, 1.82) is 0 Å². The standard InChI is InChI=1S/C15H13ClO3/c1-10-2-6-13(7-3-10)19-9-12-5-4-11(15(17)18)8-14(12)16/h2-8H,9H2,1H3,(H,17,18). The van der Waals surface area contributed by atoms with Crippen molar-refractivity contribution in [2.75, 3.05) is 0 Å². The third kappa shape index (κ3) is 3.48. The Bertz CT molecular complexity index is 591. The molecule has 0 heterocycles. The fourth-order valence-corrected chi connectivity index (χ4v) is 1.83. The molecule has 0 spiro atoms. The molecule has 0 fully saturated rings. The first-order chi connectivity index (χ1) is 9.06. The summed E-state index contributed by atoms with van der Waals surface area (Å²) in [4.78, 5) is 10.8. The zero-order chi connectivity index (χ0) is 13.8. The number of ether oxygens (including phenoxy) is 1. The molecule has 2 aromatic carbocycles. The van der Waals surface area contributed by atoms with Crippen LogP contribution in [0.2, 0.25) is 5.02 Å². The van der Waals surface area contributed by atoms with Crippen LogP contribution in [-0.4, -0.2) is 11.1 Å². The monoisotopic (exact) mass is 276 g/mol. The molecule has 98 valence electrons. The van der Waals surface area contributed by atoms with Gasteiger partial charge in [-0.1, -0.05) is 35.4 Å². The Hall–Kier alpha value is -2.00. The minimum absolute atomic E-state index is 0.170. The summed E-state index contributed by atoms with van der Waals surface area (Å²) in [6.45, 7) is 2.31. The van der Waals surface area contributed by atoms with Crippen molar-refractivity contribution in [3.05, 3.63) is 64.2 Å². The molecule has 0 aliphatic heterocycles. The van der Waals surface area contributed by atoms with E-state index >= 15 is 0 Å². The SMILES string of the molecule is Cc1ccc(OCc2ccc(C(=O)O)cc2Cl)cc1. The number of hydrogen-bond donors (Lipinski definition) is 1. The lowest BCUT2D eigenvalue weighted by Crippen LogP contribution is -2.00. The van der Waals surface area contributed by atoms with Gasteiger partial charge >= 0.3 is 5.97 Å². The van der Waals surface area contributed by atoms with E-state index in [1.807, 2.05) is 31.2 Å². The minimum Gasteiger partial charge on any atom is -0.489 e. The Morgan fingerprint density at radius 3 is 2.47 bits per heavy atom. The number of carbonyl (C=O) groups is 1. The average molecular weight is 277 g/mol. The molecule has 4 heteroatoms. The predicted octanol–water partition coefficient (Wildman–Crippen LogP) is 3.93. The van der Waals surface area contributed by atoms with Crippen LogP contribution >= 0.6 is 11.6 Å². The van der Waals surface area contributed by atoms with Crippen LogP contribution in [0.1, 0.15) is 21.5 Å². The fraction of sp³-hybridized carbons (Fsp3) is 0.133. The van der Waals surface area contributed by atoms with Crippen LogP contribution in [0.3, 0.4) is 0 Å². The molecule has 2 aromatic rings. The lowest BCUT2D eigenvalue weighted by molar-refractivity contribution is 0.0697. The topological polar surface area (TPSA) is 46.5 Å². The van der Waals surface area contributed by atoms with Crippen LogP contribution < -0.4 is 4.74 Å². The second-order valence-corrected chi connectivity index (χ2v) is 4.62. The first-order valence-electron chi connectivity index (χ1n) is 5.77. The highest BCUT2D eigenvalue weighted by molar-refractivity contribution is 6.31. The highest BCUT2D eigenvalue weighted by Gasteiger charge is 2.07. The lowest BCUT2D eigenvalue weighted by Gasteiger charge is -2.08. The fourth-order valence-electron chi connectivity index (χ4n) is 1.59. The van der Waals surface area contributed by atoms with Gasteiger partial charge in [0.05, 0.1) is 5.56 Å². The van der Waals surface area contributed by atoms with Gasteiger partial charge < -0.3 is 9.84 Å². The average Bonchev–Trinajstić information content (AvgIpc) is 2.39. The van der Waals surface area contributed by atoms with E-state index in [1.54, 1.807) is 6.07 Å². The van der Waals surface area contributed by atoms with Gasteiger partial charge in [0, 0.05) is 10.6 Å². The van der Waals surface area contributed by atoms with E-state index in [1.165, 1.54) is 12.1 Å². The lowest BCUT2D eigenvalue weighted by atomic mass is 10.1. The smallest absolute Gasteiger partial charge is 0.335 e. The van der Waals surface area contributed by atoms with E-state index in [-0.39, 0.29) is 5.56 Å². The minimum atomic E-state index is -0.993. The van der Waals surface area contributed by atoms with E-state index in [9.17, 15) is 4.79 Å². The highest BCUT2D eigenvalue weighted by Crippen LogP contribution is 2.20. The maximum Gasteiger partial charge on any atom is 0.335 e. The Morgan fingerprint density at radius 1 is 1.21 bits per heavy atom. The van der Waals surface area contributed by atoms with Crippen molar-refractivity contribution in [3.8, 4) is 5.75 Å². The van der Waals surface area contributed by atoms with Gasteiger partial charge in [0.2, 0.25) is 0 Å². The van der Waals surface area contributed by atoms with E-state index in [0.717, 1.165) is 16.9 Å². The van der Waals surface area contributed by atoms with Crippen molar-refractivity contribution < 1.29 is 14.6 Å². The van der Waals surface area contributed by atoms with Crippen LogP contribution in [-0.2, 0) is 6.61 Å². The Labute approximate surface area is 116 Å². The number of hydrogen-bond acceptors (Lipinski definition) is 2. The van der Waals surface area contributed by atoms with Crippen LogP contribution in [0.15, 0.2) is 42.5 Å². The molecule has 0 saturated carbocycles. The molecule has 0 aromatic heterocycles. The first-order valence-corrected chi connectivity index (χ1v) is 6.15. The number of halogens is 1. The number of aromatic carboxylic acids is 1. The molecule has 0 saturated heterocycles. The third-order valence-corrected chi connectivity index (χ3v) is 3.07. The molecule has 0 amide bonds. The summed E-state index contributed by atoms with van der Waals surface area (Å²) in [5.74, 6) is -0.239. The summed E-state index contributed by atoms with van der Waals surface area (Å²) < 4.78 is 5.60. The van der Waals surface area contributed by atoms with E-state index in [4.69, 9.17) is 21.4 Å². The second kappa shape index (κ2) is 5.76. The molecule has 3 nitrogen and oxygen atoms in total. The van der Waals surface area contributed by atoms with Gasteiger partial charge in [0.25, 0.3) is 0 Å². The summed E-state index contributed by atoms with van der Waals surface area (Å²) in [5, 5.41) is 9.24. The molecule has 0 bridgehead atoms. The van der Waals surface area contributed by atoms with Gasteiger partial charge in [-0.05, 0) is 31.2 Å². The van der Waals surface area contributed by atoms with Crippen LogP contribution in [0.4, 0.5) is 0 Å². The predicted molar refractivity (Wildman–Crippen MR) is 73.9 cm³/mol. The second-order valence-electron chi connectivity index (χ2n) is 4.21. The van der Waals surface area contributed by atoms with Gasteiger partial charge in [-0.15, -0.1) is 0 Å². The van der Waals surface area contributed by atoms with Crippen molar-refractivity contribution >= 4 is 17.6 Å². The molecule has 19 heavy (non-hydrogen) atoms. The molecule has 0 radical (unpaired) electrons. The first kappa shape index (κ1) is 13.4. The van der Waals surface area contributed by atoms with Crippen LogP contribution in [0, 0.1) is 6.92 Å². The largest absolute Gasteiger partial charge is 0.489 e. The molecular weight excluding hydrogens is 264 g/mol. The number of rotatable bonds is 4. The number of aryl methyl sites for hydroxylation is 1. The summed E-state index contributed by atoms with van der Waals surface area (Å²) in [7, 11) is 0. The number of carboxylic acid groups (broad SMARTS) is 1. The van der Waals surface area contributed by atoms with Gasteiger partial charge in [-0.3, -0.25) is 0 Å². The van der Waals surface area contributed by atoms with Crippen molar-refractivity contribution in [1.82, 2.24) is 0 Å². The maximum absolute atomic E-state index is 10.8. The zero-order valence-electron chi connectivity index (χ0n) is 10.4. The van der Waals surface area contributed by atoms with Gasteiger partial charge in [-0.2, -0.15) is 0 Å². The summed E-state index contributed by atoms with van der Waals surface area (Å²) in [6.07, 6.45) is 0. The Morgan fingerprint density at radius 2 is 1.89 bits per heavy atom. The Kier molecular flexibility index (Phi) is 4.07. The van der Waals surface area contributed by atoms with E-state index in [2.05, 4.69) is 0 Å². The number of carboxylic acids is 1. The van der Waals surface area contributed by atoms with E-state index in [0.29, 0.717) is 11.6 Å². The number of benzene rings is 2. The normalized spacial score (nSPS) is 10.2. The van der Waals surface area contributed by atoms with E-state index < -0.39 is 5.97 Å². The van der Waals surface area contributed by atoms with Gasteiger partial charge in [0.15, 0.2) is 0 Å². The summed E-state index contributed by atoms with van der Waals surface area (Å²) >= 11 is 6.02. The zero-order valence-corrected chi connectivity index (χ0v) is 11.1. The molecule has 2 rings (SSSR count).